The van der Waals surface area contributed by atoms with E-state index in [0.29, 0.717) is 24.4 Å². The number of likely N-dealkylation sites (tertiary alicyclic amines) is 2. The first-order valence-electron chi connectivity index (χ1n) is 8.68. The van der Waals surface area contributed by atoms with Gasteiger partial charge in [0, 0.05) is 45.7 Å². The second kappa shape index (κ2) is 9.08. The number of aliphatic imine (C=N–C) groups is 1. The third kappa shape index (κ3) is 5.80. The molecule has 2 saturated heterocycles. The molecule has 6 heteroatoms. The van der Waals surface area contributed by atoms with E-state index in [2.05, 4.69) is 36.0 Å². The molecule has 1 unspecified atom stereocenters. The maximum Gasteiger partial charge on any atom is 0.224 e. The van der Waals surface area contributed by atoms with Crippen molar-refractivity contribution in [1.82, 2.24) is 15.1 Å². The number of guanidine groups is 1. The second-order valence-electron chi connectivity index (χ2n) is 7.49. The Morgan fingerprint density at radius 3 is 2.61 bits per heavy atom. The highest BCUT2D eigenvalue weighted by Gasteiger charge is 2.31. The van der Waals surface area contributed by atoms with E-state index >= 15 is 0 Å². The maximum atomic E-state index is 12.3. The SMILES string of the molecule is CN=C(NCCC(=O)N1CCCCC1C)N1CCC(C)(C)C1.I. The zero-order valence-corrected chi connectivity index (χ0v) is 17.4. The van der Waals surface area contributed by atoms with Crippen molar-refractivity contribution in [3.63, 3.8) is 0 Å². The lowest BCUT2D eigenvalue weighted by molar-refractivity contribution is -0.134. The third-order valence-electron chi connectivity index (χ3n) is 4.93. The zero-order chi connectivity index (χ0) is 16.2. The Hall–Kier alpha value is -0.530. The quantitative estimate of drug-likeness (QED) is 0.421. The first-order chi connectivity index (χ1) is 10.4. The normalized spacial score (nSPS) is 24.3. The summed E-state index contributed by atoms with van der Waals surface area (Å²) >= 11 is 0. The van der Waals surface area contributed by atoms with E-state index in [1.807, 2.05) is 11.9 Å². The van der Waals surface area contributed by atoms with Crippen LogP contribution in [-0.4, -0.2) is 60.9 Å². The van der Waals surface area contributed by atoms with Crippen LogP contribution in [0.5, 0.6) is 0 Å². The van der Waals surface area contributed by atoms with Crippen LogP contribution in [0.3, 0.4) is 0 Å². The number of carbonyl (C=O) groups excluding carboxylic acids is 1. The van der Waals surface area contributed by atoms with E-state index in [1.54, 1.807) is 0 Å². The van der Waals surface area contributed by atoms with Crippen LogP contribution in [0.4, 0.5) is 0 Å². The number of halogens is 1. The molecule has 0 bridgehead atoms. The van der Waals surface area contributed by atoms with Crippen molar-refractivity contribution < 1.29 is 4.79 Å². The lowest BCUT2D eigenvalue weighted by atomic mass is 9.93. The summed E-state index contributed by atoms with van der Waals surface area (Å²) in [4.78, 5) is 21.0. The minimum Gasteiger partial charge on any atom is -0.356 e. The highest BCUT2D eigenvalue weighted by atomic mass is 127. The third-order valence-corrected chi connectivity index (χ3v) is 4.93. The molecule has 5 nitrogen and oxygen atoms in total. The van der Waals surface area contributed by atoms with Gasteiger partial charge in [0.2, 0.25) is 5.91 Å². The fraction of sp³-hybridized carbons (Fsp3) is 0.882. The van der Waals surface area contributed by atoms with Gasteiger partial charge < -0.3 is 15.1 Å². The molecule has 2 heterocycles. The highest BCUT2D eigenvalue weighted by molar-refractivity contribution is 14.0. The van der Waals surface area contributed by atoms with Gasteiger partial charge in [-0.3, -0.25) is 9.79 Å². The van der Waals surface area contributed by atoms with Crippen molar-refractivity contribution in [3.05, 3.63) is 0 Å². The zero-order valence-electron chi connectivity index (χ0n) is 15.1. The Morgan fingerprint density at radius 1 is 1.30 bits per heavy atom. The van der Waals surface area contributed by atoms with Crippen LogP contribution in [-0.2, 0) is 4.79 Å². The average Bonchev–Trinajstić information content (AvgIpc) is 2.84. The maximum absolute atomic E-state index is 12.3. The van der Waals surface area contributed by atoms with E-state index in [9.17, 15) is 4.79 Å². The molecular formula is C17H33IN4O. The van der Waals surface area contributed by atoms with Crippen LogP contribution < -0.4 is 5.32 Å². The van der Waals surface area contributed by atoms with Gasteiger partial charge in [-0.15, -0.1) is 24.0 Å². The molecule has 0 aromatic heterocycles. The summed E-state index contributed by atoms with van der Waals surface area (Å²) in [7, 11) is 1.82. The Morgan fingerprint density at radius 2 is 2.04 bits per heavy atom. The van der Waals surface area contributed by atoms with Gasteiger partial charge in [0.15, 0.2) is 5.96 Å². The topological polar surface area (TPSA) is 47.9 Å². The first-order valence-corrected chi connectivity index (χ1v) is 8.68. The summed E-state index contributed by atoms with van der Waals surface area (Å²) in [5, 5.41) is 3.36. The minimum absolute atomic E-state index is 0. The number of carbonyl (C=O) groups is 1. The van der Waals surface area contributed by atoms with Gasteiger partial charge in [-0.1, -0.05) is 13.8 Å². The summed E-state index contributed by atoms with van der Waals surface area (Å²) in [5.74, 6) is 1.21. The van der Waals surface area contributed by atoms with Gasteiger partial charge >= 0.3 is 0 Å². The largest absolute Gasteiger partial charge is 0.356 e. The molecule has 1 amide bonds. The highest BCUT2D eigenvalue weighted by Crippen LogP contribution is 2.28. The lowest BCUT2D eigenvalue weighted by Crippen LogP contribution is -2.45. The Labute approximate surface area is 158 Å². The molecule has 0 radical (unpaired) electrons. The molecule has 2 aliphatic heterocycles. The number of amides is 1. The van der Waals surface area contributed by atoms with Crippen LogP contribution in [0.2, 0.25) is 0 Å². The van der Waals surface area contributed by atoms with Crippen LogP contribution in [0.1, 0.15) is 52.9 Å². The Balaban J connectivity index is 0.00000264. The van der Waals surface area contributed by atoms with Crippen molar-refractivity contribution in [2.45, 2.75) is 58.9 Å². The summed E-state index contributed by atoms with van der Waals surface area (Å²) in [6, 6.07) is 0.403. The molecule has 2 fully saturated rings. The molecule has 0 spiro atoms. The Kier molecular flexibility index (Phi) is 8.10. The van der Waals surface area contributed by atoms with Gasteiger partial charge in [-0.25, -0.2) is 0 Å². The minimum atomic E-state index is 0. The predicted octanol–water partition coefficient (Wildman–Crippen LogP) is 2.70. The van der Waals surface area contributed by atoms with Gasteiger partial charge in [0.25, 0.3) is 0 Å². The molecule has 0 saturated carbocycles. The fourth-order valence-corrected chi connectivity index (χ4v) is 3.52. The van der Waals surface area contributed by atoms with E-state index in [1.165, 1.54) is 12.8 Å². The standard InChI is InChI=1S/C17H32N4O.HI/c1-14-7-5-6-11-21(14)15(22)8-10-19-16(18-4)20-12-9-17(2,3)13-20;/h14H,5-13H2,1-4H3,(H,18,19);1H. The van der Waals surface area contributed by atoms with Gasteiger partial charge in [0.05, 0.1) is 0 Å². The van der Waals surface area contributed by atoms with Crippen molar-refractivity contribution >= 4 is 35.8 Å². The smallest absolute Gasteiger partial charge is 0.224 e. The lowest BCUT2D eigenvalue weighted by Gasteiger charge is -2.33. The number of hydrogen-bond donors (Lipinski definition) is 1. The summed E-state index contributed by atoms with van der Waals surface area (Å²) in [6.07, 6.45) is 5.29. The van der Waals surface area contributed by atoms with Crippen molar-refractivity contribution in [3.8, 4) is 0 Å². The Bertz CT molecular complexity index is 425. The number of rotatable bonds is 3. The molecule has 23 heavy (non-hydrogen) atoms. The van der Waals surface area contributed by atoms with E-state index < -0.39 is 0 Å². The summed E-state index contributed by atoms with van der Waals surface area (Å²) in [6.45, 7) is 10.4. The van der Waals surface area contributed by atoms with Crippen molar-refractivity contribution in [1.29, 1.82) is 0 Å². The van der Waals surface area contributed by atoms with Gasteiger partial charge in [0.1, 0.15) is 0 Å². The van der Waals surface area contributed by atoms with Crippen LogP contribution in [0.25, 0.3) is 0 Å². The number of piperidine rings is 1. The first kappa shape index (κ1) is 20.5. The van der Waals surface area contributed by atoms with Crippen molar-refractivity contribution in [2.24, 2.45) is 10.4 Å². The summed E-state index contributed by atoms with van der Waals surface area (Å²) in [5.41, 5.74) is 0.358. The van der Waals surface area contributed by atoms with E-state index in [4.69, 9.17) is 0 Å². The van der Waals surface area contributed by atoms with Crippen LogP contribution >= 0.6 is 24.0 Å². The molecule has 0 aromatic carbocycles. The molecule has 1 N–H and O–H groups in total. The predicted molar refractivity (Wildman–Crippen MR) is 106 cm³/mol. The van der Waals surface area contributed by atoms with Crippen LogP contribution in [0, 0.1) is 5.41 Å². The monoisotopic (exact) mass is 436 g/mol. The molecular weight excluding hydrogens is 403 g/mol. The molecule has 0 aliphatic carbocycles. The van der Waals surface area contributed by atoms with Gasteiger partial charge in [-0.2, -0.15) is 0 Å². The average molecular weight is 436 g/mol. The number of hydrogen-bond acceptors (Lipinski definition) is 2. The number of nitrogens with one attached hydrogen (secondary N) is 1. The van der Waals surface area contributed by atoms with Crippen molar-refractivity contribution in [2.75, 3.05) is 33.2 Å². The summed E-state index contributed by atoms with van der Waals surface area (Å²) < 4.78 is 0. The molecule has 2 rings (SSSR count). The number of nitrogens with zero attached hydrogens (tertiary/aromatic N) is 3. The molecule has 2 aliphatic rings. The van der Waals surface area contributed by atoms with E-state index in [-0.39, 0.29) is 29.9 Å². The molecule has 134 valence electrons. The van der Waals surface area contributed by atoms with Gasteiger partial charge in [-0.05, 0) is 38.0 Å². The second-order valence-corrected chi connectivity index (χ2v) is 7.49. The fourth-order valence-electron chi connectivity index (χ4n) is 3.52. The molecule has 1 atom stereocenters. The molecule has 0 aromatic rings. The van der Waals surface area contributed by atoms with E-state index in [0.717, 1.165) is 38.4 Å². The van der Waals surface area contributed by atoms with Crippen LogP contribution in [0.15, 0.2) is 4.99 Å².